The lowest BCUT2D eigenvalue weighted by atomic mass is 10.0. The first-order valence-corrected chi connectivity index (χ1v) is 11.4. The summed E-state index contributed by atoms with van der Waals surface area (Å²) in [5.41, 5.74) is 1.90. The standard InChI is InChI=1S/C23H25N5O4S/c1-31-17-6-4-16(5-7-17)18-15-33-21(20(18)22(30)32-2)26-19(29)14-27-10-12-28(13-11-27)23-24-8-3-9-25-23/h3-9,15H,10-14H2,1-2H3,(H,26,29). The fourth-order valence-corrected chi connectivity index (χ4v) is 4.64. The van der Waals surface area contributed by atoms with Gasteiger partial charge in [-0.15, -0.1) is 11.3 Å². The van der Waals surface area contributed by atoms with E-state index in [0.29, 0.717) is 22.1 Å². The Morgan fingerprint density at radius 1 is 1.06 bits per heavy atom. The summed E-state index contributed by atoms with van der Waals surface area (Å²) in [6, 6.07) is 9.18. The zero-order valence-corrected chi connectivity index (χ0v) is 19.3. The molecule has 0 spiro atoms. The van der Waals surface area contributed by atoms with Crippen LogP contribution in [0.15, 0.2) is 48.1 Å². The van der Waals surface area contributed by atoms with Crippen molar-refractivity contribution in [1.82, 2.24) is 14.9 Å². The van der Waals surface area contributed by atoms with Crippen molar-refractivity contribution in [3.05, 3.63) is 53.7 Å². The molecule has 0 bridgehead atoms. The van der Waals surface area contributed by atoms with Gasteiger partial charge in [0.05, 0.1) is 20.8 Å². The molecular formula is C23H25N5O4S. The van der Waals surface area contributed by atoms with E-state index in [4.69, 9.17) is 9.47 Å². The number of esters is 1. The van der Waals surface area contributed by atoms with Gasteiger partial charge in [0.2, 0.25) is 11.9 Å². The number of piperazine rings is 1. The van der Waals surface area contributed by atoms with E-state index in [1.807, 2.05) is 29.6 Å². The molecule has 0 radical (unpaired) electrons. The van der Waals surface area contributed by atoms with Gasteiger partial charge in [-0.2, -0.15) is 0 Å². The number of ether oxygens (including phenoxy) is 2. The second kappa shape index (κ2) is 10.4. The normalized spacial score (nSPS) is 14.1. The van der Waals surface area contributed by atoms with Crippen LogP contribution in [-0.2, 0) is 9.53 Å². The van der Waals surface area contributed by atoms with Gasteiger partial charge in [-0.25, -0.2) is 14.8 Å². The lowest BCUT2D eigenvalue weighted by Crippen LogP contribution is -2.49. The van der Waals surface area contributed by atoms with Gasteiger partial charge in [-0.1, -0.05) is 12.1 Å². The summed E-state index contributed by atoms with van der Waals surface area (Å²) in [4.78, 5) is 38.0. The van der Waals surface area contributed by atoms with E-state index in [9.17, 15) is 9.59 Å². The van der Waals surface area contributed by atoms with E-state index in [1.54, 1.807) is 25.6 Å². The van der Waals surface area contributed by atoms with Gasteiger partial charge in [0.1, 0.15) is 16.3 Å². The third-order valence-electron chi connectivity index (χ3n) is 5.41. The molecule has 10 heteroatoms. The Balaban J connectivity index is 1.41. The molecule has 1 fully saturated rings. The number of nitrogens with zero attached hydrogens (tertiary/aromatic N) is 4. The Hall–Kier alpha value is -3.50. The molecule has 0 atom stereocenters. The maximum Gasteiger partial charge on any atom is 0.341 e. The first-order valence-electron chi connectivity index (χ1n) is 10.5. The number of aromatic nitrogens is 2. The number of amides is 1. The van der Waals surface area contributed by atoms with Gasteiger partial charge in [-0.3, -0.25) is 9.69 Å². The van der Waals surface area contributed by atoms with Crippen LogP contribution in [0.1, 0.15) is 10.4 Å². The third-order valence-corrected chi connectivity index (χ3v) is 6.30. The first kappa shape index (κ1) is 22.7. The summed E-state index contributed by atoms with van der Waals surface area (Å²) >= 11 is 1.31. The van der Waals surface area contributed by atoms with Crippen LogP contribution in [0.4, 0.5) is 10.9 Å². The largest absolute Gasteiger partial charge is 0.497 e. The van der Waals surface area contributed by atoms with Gasteiger partial charge < -0.3 is 19.7 Å². The number of hydrogen-bond donors (Lipinski definition) is 1. The van der Waals surface area contributed by atoms with E-state index in [1.165, 1.54) is 18.4 Å². The molecule has 0 unspecified atom stereocenters. The van der Waals surface area contributed by atoms with Crippen molar-refractivity contribution < 1.29 is 19.1 Å². The van der Waals surface area contributed by atoms with Crippen molar-refractivity contribution in [1.29, 1.82) is 0 Å². The Morgan fingerprint density at radius 2 is 1.76 bits per heavy atom. The van der Waals surface area contributed by atoms with Gasteiger partial charge in [0.15, 0.2) is 0 Å². The van der Waals surface area contributed by atoms with Gasteiger partial charge in [0, 0.05) is 49.5 Å². The highest BCUT2D eigenvalue weighted by Crippen LogP contribution is 2.36. The highest BCUT2D eigenvalue weighted by atomic mass is 32.1. The van der Waals surface area contributed by atoms with E-state index in [-0.39, 0.29) is 12.5 Å². The predicted octanol–water partition coefficient (Wildman–Crippen LogP) is 2.76. The van der Waals surface area contributed by atoms with Crippen LogP contribution in [0.25, 0.3) is 11.1 Å². The number of carbonyl (C=O) groups excluding carboxylic acids is 2. The monoisotopic (exact) mass is 467 g/mol. The first-order chi connectivity index (χ1) is 16.1. The summed E-state index contributed by atoms with van der Waals surface area (Å²) in [5, 5.41) is 5.23. The van der Waals surface area contributed by atoms with Crippen molar-refractivity contribution in [2.45, 2.75) is 0 Å². The highest BCUT2D eigenvalue weighted by molar-refractivity contribution is 7.15. The quantitative estimate of drug-likeness (QED) is 0.530. The van der Waals surface area contributed by atoms with Gasteiger partial charge in [-0.05, 0) is 23.8 Å². The van der Waals surface area contributed by atoms with Crippen LogP contribution in [0.2, 0.25) is 0 Å². The molecule has 1 aliphatic rings. The summed E-state index contributed by atoms with van der Waals surface area (Å²) in [5.74, 6) is 0.761. The number of methoxy groups -OCH3 is 2. The van der Waals surface area contributed by atoms with Crippen molar-refractivity contribution in [2.24, 2.45) is 0 Å². The van der Waals surface area contributed by atoms with Crippen LogP contribution in [0, 0.1) is 0 Å². The number of benzene rings is 1. The molecule has 4 rings (SSSR count). The lowest BCUT2D eigenvalue weighted by Gasteiger charge is -2.34. The number of anilines is 2. The molecule has 1 saturated heterocycles. The van der Waals surface area contributed by atoms with E-state index < -0.39 is 5.97 Å². The molecule has 172 valence electrons. The minimum atomic E-state index is -0.492. The Labute approximate surface area is 196 Å². The average Bonchev–Trinajstić information content (AvgIpc) is 3.27. The maximum absolute atomic E-state index is 12.8. The second-order valence-corrected chi connectivity index (χ2v) is 8.31. The second-order valence-electron chi connectivity index (χ2n) is 7.43. The van der Waals surface area contributed by atoms with Crippen molar-refractivity contribution in [3.63, 3.8) is 0 Å². The number of hydrogen-bond acceptors (Lipinski definition) is 9. The molecule has 1 N–H and O–H groups in total. The molecule has 3 heterocycles. The molecule has 0 aliphatic carbocycles. The summed E-state index contributed by atoms with van der Waals surface area (Å²) < 4.78 is 10.2. The zero-order chi connectivity index (χ0) is 23.2. The van der Waals surface area contributed by atoms with E-state index in [2.05, 4.69) is 25.1 Å². The molecule has 1 amide bonds. The topological polar surface area (TPSA) is 96.9 Å². The summed E-state index contributed by atoms with van der Waals surface area (Å²) in [6.07, 6.45) is 3.45. The molecule has 1 aliphatic heterocycles. The van der Waals surface area contributed by atoms with Crippen LogP contribution in [0.5, 0.6) is 5.75 Å². The van der Waals surface area contributed by atoms with E-state index >= 15 is 0 Å². The molecule has 3 aromatic rings. The Morgan fingerprint density at radius 3 is 2.39 bits per heavy atom. The van der Waals surface area contributed by atoms with Crippen molar-refractivity contribution >= 4 is 34.2 Å². The molecular weight excluding hydrogens is 442 g/mol. The summed E-state index contributed by atoms with van der Waals surface area (Å²) in [7, 11) is 2.93. The van der Waals surface area contributed by atoms with Crippen LogP contribution in [0.3, 0.4) is 0 Å². The third kappa shape index (κ3) is 5.29. The zero-order valence-electron chi connectivity index (χ0n) is 18.5. The Kier molecular flexibility index (Phi) is 7.16. The molecule has 2 aromatic heterocycles. The minimum Gasteiger partial charge on any atom is -0.497 e. The minimum absolute atomic E-state index is 0.173. The van der Waals surface area contributed by atoms with Gasteiger partial charge >= 0.3 is 5.97 Å². The summed E-state index contributed by atoms with van der Waals surface area (Å²) in [6.45, 7) is 3.16. The molecule has 9 nitrogen and oxygen atoms in total. The predicted molar refractivity (Wildman–Crippen MR) is 127 cm³/mol. The van der Waals surface area contributed by atoms with Crippen LogP contribution >= 0.6 is 11.3 Å². The van der Waals surface area contributed by atoms with E-state index in [0.717, 1.165) is 37.5 Å². The number of carbonyl (C=O) groups is 2. The Bertz CT molecular complexity index is 1100. The average molecular weight is 468 g/mol. The fraction of sp³-hybridized carbons (Fsp3) is 0.304. The highest BCUT2D eigenvalue weighted by Gasteiger charge is 2.24. The number of rotatable bonds is 7. The van der Waals surface area contributed by atoms with Crippen LogP contribution < -0.4 is 15.0 Å². The van der Waals surface area contributed by atoms with Crippen molar-refractivity contribution in [2.75, 3.05) is 57.2 Å². The molecule has 0 saturated carbocycles. The smallest absolute Gasteiger partial charge is 0.341 e. The van der Waals surface area contributed by atoms with Gasteiger partial charge in [0.25, 0.3) is 0 Å². The number of thiophene rings is 1. The molecule has 33 heavy (non-hydrogen) atoms. The number of nitrogens with one attached hydrogen (secondary N) is 1. The maximum atomic E-state index is 12.8. The SMILES string of the molecule is COC(=O)c1c(-c2ccc(OC)cc2)csc1NC(=O)CN1CCN(c2ncccn2)CC1. The van der Waals surface area contributed by atoms with Crippen molar-refractivity contribution in [3.8, 4) is 16.9 Å². The van der Waals surface area contributed by atoms with Crippen LogP contribution in [-0.4, -0.2) is 73.7 Å². The fourth-order valence-electron chi connectivity index (χ4n) is 3.67. The lowest BCUT2D eigenvalue weighted by molar-refractivity contribution is -0.117. The molecule has 1 aromatic carbocycles.